The van der Waals surface area contributed by atoms with Crippen LogP contribution in [0.25, 0.3) is 5.69 Å². The first kappa shape index (κ1) is 19.6. The zero-order valence-electron chi connectivity index (χ0n) is 15.9. The molecule has 8 heteroatoms. The van der Waals surface area contributed by atoms with Gasteiger partial charge >= 0.3 is 11.9 Å². The Morgan fingerprint density at radius 3 is 2.54 bits per heavy atom. The first-order chi connectivity index (χ1) is 13.5. The molecule has 0 aliphatic heterocycles. The van der Waals surface area contributed by atoms with Gasteiger partial charge in [-0.25, -0.2) is 9.48 Å². The number of benzene rings is 1. The van der Waals surface area contributed by atoms with Crippen molar-refractivity contribution in [1.82, 2.24) is 15.1 Å². The van der Waals surface area contributed by atoms with Crippen LogP contribution in [-0.2, 0) is 14.3 Å². The molecule has 1 aliphatic rings. The largest absolute Gasteiger partial charge is 0.464 e. The third-order valence-corrected chi connectivity index (χ3v) is 4.45. The molecule has 1 heterocycles. The topological polar surface area (TPSA) is 99.5 Å². The number of amides is 1. The van der Waals surface area contributed by atoms with Gasteiger partial charge in [-0.2, -0.15) is 5.10 Å². The van der Waals surface area contributed by atoms with Gasteiger partial charge in [0, 0.05) is 5.56 Å². The molecule has 1 aliphatic carbocycles. The number of carbonyl (C=O) groups is 3. The van der Waals surface area contributed by atoms with Crippen molar-refractivity contribution in [3.05, 3.63) is 47.3 Å². The molecule has 0 saturated heterocycles. The molecular weight excluding hydrogens is 362 g/mol. The minimum atomic E-state index is -0.435. The number of aromatic nitrogens is 2. The summed E-state index contributed by atoms with van der Waals surface area (Å²) in [5.74, 6) is -0.729. The summed E-state index contributed by atoms with van der Waals surface area (Å²) in [7, 11) is 0. The molecule has 0 bridgehead atoms. The van der Waals surface area contributed by atoms with E-state index in [1.54, 1.807) is 42.8 Å². The van der Waals surface area contributed by atoms with Crippen molar-refractivity contribution in [1.29, 1.82) is 0 Å². The quantitative estimate of drug-likeness (QED) is 0.698. The van der Waals surface area contributed by atoms with Crippen LogP contribution in [0, 0.1) is 12.8 Å². The maximum Gasteiger partial charge on any atom is 0.341 e. The Morgan fingerprint density at radius 1 is 1.18 bits per heavy atom. The maximum atomic E-state index is 12.2. The van der Waals surface area contributed by atoms with E-state index in [1.807, 2.05) is 0 Å². The van der Waals surface area contributed by atoms with Crippen LogP contribution in [0.5, 0.6) is 0 Å². The van der Waals surface area contributed by atoms with Gasteiger partial charge in [-0.15, -0.1) is 0 Å². The highest BCUT2D eigenvalue weighted by Gasteiger charge is 2.23. The van der Waals surface area contributed by atoms with Gasteiger partial charge in [0.25, 0.3) is 5.91 Å². The van der Waals surface area contributed by atoms with Crippen molar-refractivity contribution in [3.63, 3.8) is 0 Å². The Morgan fingerprint density at radius 2 is 1.89 bits per heavy atom. The monoisotopic (exact) mass is 385 g/mol. The van der Waals surface area contributed by atoms with Crippen molar-refractivity contribution >= 4 is 17.8 Å². The first-order valence-electron chi connectivity index (χ1n) is 9.25. The highest BCUT2D eigenvalue weighted by molar-refractivity contribution is 5.96. The second-order valence-electron chi connectivity index (χ2n) is 6.63. The summed E-state index contributed by atoms with van der Waals surface area (Å²) in [5, 5.41) is 6.77. The van der Waals surface area contributed by atoms with Gasteiger partial charge in [0.05, 0.1) is 30.8 Å². The predicted molar refractivity (Wildman–Crippen MR) is 100 cm³/mol. The number of nitrogens with one attached hydrogen (secondary N) is 1. The van der Waals surface area contributed by atoms with Crippen LogP contribution in [0.2, 0.25) is 0 Å². The van der Waals surface area contributed by atoms with E-state index in [-0.39, 0.29) is 12.5 Å². The molecule has 0 atom stereocenters. The molecule has 148 valence electrons. The van der Waals surface area contributed by atoms with E-state index < -0.39 is 11.9 Å². The van der Waals surface area contributed by atoms with Crippen LogP contribution in [0.4, 0.5) is 0 Å². The molecule has 2 aromatic rings. The Hall–Kier alpha value is -3.16. The van der Waals surface area contributed by atoms with Crippen LogP contribution in [0.1, 0.15) is 46.2 Å². The molecule has 0 radical (unpaired) electrons. The van der Waals surface area contributed by atoms with Gasteiger partial charge in [0.2, 0.25) is 0 Å². The molecule has 1 aromatic heterocycles. The van der Waals surface area contributed by atoms with Gasteiger partial charge in [0.1, 0.15) is 12.1 Å². The van der Waals surface area contributed by atoms with Crippen LogP contribution in [0.15, 0.2) is 30.5 Å². The minimum absolute atomic E-state index is 0.158. The van der Waals surface area contributed by atoms with Crippen molar-refractivity contribution < 1.29 is 23.9 Å². The van der Waals surface area contributed by atoms with E-state index in [4.69, 9.17) is 9.47 Å². The van der Waals surface area contributed by atoms with Crippen molar-refractivity contribution in [2.24, 2.45) is 5.92 Å². The lowest BCUT2D eigenvalue weighted by molar-refractivity contribution is -0.142. The van der Waals surface area contributed by atoms with Crippen LogP contribution in [0.3, 0.4) is 0 Å². The zero-order valence-corrected chi connectivity index (χ0v) is 15.9. The standard InChI is InChI=1S/C20H23N3O5/c1-3-27-20(26)17-10-22-23(13(17)2)16-8-6-15(7-9-16)19(25)21-11-18(24)28-12-14-4-5-14/h6-10,14H,3-5,11-12H2,1-2H3,(H,21,25). The molecule has 1 aromatic carbocycles. The molecule has 0 unspecified atom stereocenters. The average molecular weight is 385 g/mol. The second-order valence-corrected chi connectivity index (χ2v) is 6.63. The van der Waals surface area contributed by atoms with E-state index in [0.29, 0.717) is 41.6 Å². The lowest BCUT2D eigenvalue weighted by atomic mass is 10.2. The van der Waals surface area contributed by atoms with Gasteiger partial charge in [0.15, 0.2) is 0 Å². The minimum Gasteiger partial charge on any atom is -0.464 e. The molecule has 1 amide bonds. The summed E-state index contributed by atoms with van der Waals surface area (Å²) in [4.78, 5) is 35.7. The smallest absolute Gasteiger partial charge is 0.341 e. The van der Waals surface area contributed by atoms with Crippen LogP contribution in [-0.4, -0.2) is 47.4 Å². The van der Waals surface area contributed by atoms with Gasteiger partial charge in [-0.05, 0) is 56.9 Å². The van der Waals surface area contributed by atoms with E-state index >= 15 is 0 Å². The number of ether oxygens (including phenoxy) is 2. The number of carbonyl (C=O) groups excluding carboxylic acids is 3. The molecule has 1 fully saturated rings. The molecule has 8 nitrogen and oxygen atoms in total. The lowest BCUT2D eigenvalue weighted by Gasteiger charge is -2.08. The van der Waals surface area contributed by atoms with E-state index in [0.717, 1.165) is 12.8 Å². The van der Waals surface area contributed by atoms with Crippen molar-refractivity contribution in [3.8, 4) is 5.69 Å². The summed E-state index contributed by atoms with van der Waals surface area (Å²) in [6.07, 6.45) is 3.66. The fourth-order valence-electron chi connectivity index (χ4n) is 2.63. The number of rotatable bonds is 8. The molecular formula is C20H23N3O5. The van der Waals surface area contributed by atoms with E-state index in [9.17, 15) is 14.4 Å². The first-order valence-corrected chi connectivity index (χ1v) is 9.25. The fourth-order valence-corrected chi connectivity index (χ4v) is 2.63. The third kappa shape index (κ3) is 4.76. The van der Waals surface area contributed by atoms with Gasteiger partial charge < -0.3 is 14.8 Å². The third-order valence-electron chi connectivity index (χ3n) is 4.45. The van der Waals surface area contributed by atoms with Gasteiger partial charge in [-0.1, -0.05) is 0 Å². The van der Waals surface area contributed by atoms with Crippen molar-refractivity contribution in [2.75, 3.05) is 19.8 Å². The predicted octanol–water partition coefficient (Wildman–Crippen LogP) is 2.04. The summed E-state index contributed by atoms with van der Waals surface area (Å²) in [6.45, 7) is 4.08. The van der Waals surface area contributed by atoms with Crippen molar-refractivity contribution in [2.45, 2.75) is 26.7 Å². The Bertz CT molecular complexity index is 868. The van der Waals surface area contributed by atoms with Crippen LogP contribution >= 0.6 is 0 Å². The number of esters is 2. The number of nitrogens with zero attached hydrogens (tertiary/aromatic N) is 2. The highest BCUT2D eigenvalue weighted by Crippen LogP contribution is 2.28. The fraction of sp³-hybridized carbons (Fsp3) is 0.400. The summed E-state index contributed by atoms with van der Waals surface area (Å²) in [5.41, 5.74) is 2.16. The Labute approximate surface area is 162 Å². The normalized spacial score (nSPS) is 13.1. The Kier molecular flexibility index (Phi) is 6.08. The summed E-state index contributed by atoms with van der Waals surface area (Å²) in [6, 6.07) is 6.70. The molecule has 1 saturated carbocycles. The second kappa shape index (κ2) is 8.69. The molecule has 0 spiro atoms. The highest BCUT2D eigenvalue weighted by atomic mass is 16.5. The number of hydrogen-bond acceptors (Lipinski definition) is 6. The summed E-state index contributed by atoms with van der Waals surface area (Å²) >= 11 is 0. The maximum absolute atomic E-state index is 12.2. The SMILES string of the molecule is CCOC(=O)c1cnn(-c2ccc(C(=O)NCC(=O)OCC3CC3)cc2)c1C. The molecule has 1 N–H and O–H groups in total. The average Bonchev–Trinajstić information content (AvgIpc) is 3.45. The van der Waals surface area contributed by atoms with E-state index in [2.05, 4.69) is 10.4 Å². The lowest BCUT2D eigenvalue weighted by Crippen LogP contribution is -2.30. The van der Waals surface area contributed by atoms with Crippen LogP contribution < -0.4 is 5.32 Å². The number of hydrogen-bond donors (Lipinski definition) is 1. The summed E-state index contributed by atoms with van der Waals surface area (Å²) < 4.78 is 11.7. The zero-order chi connectivity index (χ0) is 20.1. The Balaban J connectivity index is 1.59. The van der Waals surface area contributed by atoms with Gasteiger partial charge in [-0.3, -0.25) is 9.59 Å². The molecule has 28 heavy (non-hydrogen) atoms. The van der Waals surface area contributed by atoms with E-state index in [1.165, 1.54) is 6.20 Å². The molecule has 3 rings (SSSR count).